The molecule has 0 unspecified atom stereocenters. The zero-order chi connectivity index (χ0) is 19.8. The smallest absolute Gasteiger partial charge is 0.255 e. The van der Waals surface area contributed by atoms with E-state index in [1.165, 1.54) is 0 Å². The first kappa shape index (κ1) is 18.4. The van der Waals surface area contributed by atoms with Crippen LogP contribution < -0.4 is 10.6 Å². The summed E-state index contributed by atoms with van der Waals surface area (Å²) in [5, 5.41) is 18.1. The predicted molar refractivity (Wildman–Crippen MR) is 111 cm³/mol. The van der Waals surface area contributed by atoms with E-state index in [9.17, 15) is 4.79 Å². The summed E-state index contributed by atoms with van der Waals surface area (Å²) in [6, 6.07) is 13.3. The van der Waals surface area contributed by atoms with Crippen molar-refractivity contribution < 1.29 is 4.79 Å². The Hall–Kier alpha value is -3.00. The second-order valence-electron chi connectivity index (χ2n) is 6.84. The molecule has 2 aromatic carbocycles. The third-order valence-electron chi connectivity index (χ3n) is 4.75. The number of carbonyl (C=O) groups is 1. The molecule has 0 bridgehead atoms. The van der Waals surface area contributed by atoms with Gasteiger partial charge in [-0.2, -0.15) is 4.68 Å². The Bertz CT molecular complexity index is 1100. The molecule has 8 heteroatoms. The third kappa shape index (κ3) is 3.31. The maximum atomic E-state index is 13.3. The van der Waals surface area contributed by atoms with E-state index in [2.05, 4.69) is 42.1 Å². The zero-order valence-electron chi connectivity index (χ0n) is 15.7. The number of hydrogen-bond donors (Lipinski definition) is 2. The Morgan fingerprint density at radius 3 is 2.75 bits per heavy atom. The van der Waals surface area contributed by atoms with Crippen LogP contribution in [-0.4, -0.2) is 26.1 Å². The molecular formula is C20H19BrN6O. The summed E-state index contributed by atoms with van der Waals surface area (Å²) in [7, 11) is 0. The first-order chi connectivity index (χ1) is 13.4. The van der Waals surface area contributed by atoms with E-state index < -0.39 is 6.04 Å². The van der Waals surface area contributed by atoms with Crippen molar-refractivity contribution in [2.75, 3.05) is 10.6 Å². The Morgan fingerprint density at radius 1 is 1.18 bits per heavy atom. The van der Waals surface area contributed by atoms with Crippen LogP contribution in [-0.2, 0) is 4.79 Å². The van der Waals surface area contributed by atoms with Gasteiger partial charge in [-0.25, -0.2) is 0 Å². The Kier molecular flexibility index (Phi) is 4.72. The minimum Gasteiger partial charge on any atom is -0.326 e. The molecule has 0 saturated heterocycles. The highest BCUT2D eigenvalue weighted by Gasteiger charge is 2.34. The number of hydrogen-bond acceptors (Lipinski definition) is 5. The summed E-state index contributed by atoms with van der Waals surface area (Å²) in [5.41, 5.74) is 5.14. The molecule has 1 aromatic heterocycles. The Balaban J connectivity index is 1.77. The highest BCUT2D eigenvalue weighted by Crippen LogP contribution is 2.35. The molecule has 3 aromatic rings. The maximum Gasteiger partial charge on any atom is 0.255 e. The second-order valence-corrected chi connectivity index (χ2v) is 7.76. The maximum absolute atomic E-state index is 13.3. The molecule has 1 atom stereocenters. The lowest BCUT2D eigenvalue weighted by molar-refractivity contribution is -0.113. The van der Waals surface area contributed by atoms with E-state index in [0.717, 1.165) is 32.5 Å². The number of halogens is 1. The van der Waals surface area contributed by atoms with E-state index in [0.29, 0.717) is 11.5 Å². The molecule has 1 aliphatic heterocycles. The number of fused-ring (bicyclic) bond motifs is 1. The molecule has 7 nitrogen and oxygen atoms in total. The van der Waals surface area contributed by atoms with Crippen molar-refractivity contribution in [3.05, 3.63) is 74.9 Å². The van der Waals surface area contributed by atoms with Gasteiger partial charge in [-0.05, 0) is 60.5 Å². The first-order valence-corrected chi connectivity index (χ1v) is 9.63. The molecule has 0 radical (unpaired) electrons. The molecule has 2 heterocycles. The van der Waals surface area contributed by atoms with Crippen molar-refractivity contribution in [3.8, 4) is 0 Å². The third-order valence-corrected chi connectivity index (χ3v) is 5.25. The summed E-state index contributed by atoms with van der Waals surface area (Å²) in [5.74, 6) is 0.314. The van der Waals surface area contributed by atoms with Gasteiger partial charge in [0.15, 0.2) is 0 Å². The largest absolute Gasteiger partial charge is 0.326 e. The van der Waals surface area contributed by atoms with Crippen LogP contribution in [0.15, 0.2) is 58.2 Å². The fourth-order valence-corrected chi connectivity index (χ4v) is 3.85. The van der Waals surface area contributed by atoms with Crippen molar-refractivity contribution >= 4 is 33.5 Å². The summed E-state index contributed by atoms with van der Waals surface area (Å²) in [6.45, 7) is 5.87. The molecule has 142 valence electrons. The normalized spacial score (nSPS) is 15.8. The van der Waals surface area contributed by atoms with Crippen LogP contribution in [0.3, 0.4) is 0 Å². The van der Waals surface area contributed by atoms with Gasteiger partial charge in [-0.1, -0.05) is 50.9 Å². The van der Waals surface area contributed by atoms with Gasteiger partial charge in [0.05, 0.1) is 5.57 Å². The van der Waals surface area contributed by atoms with E-state index in [-0.39, 0.29) is 5.91 Å². The number of rotatable bonds is 3. The quantitative estimate of drug-likeness (QED) is 0.645. The van der Waals surface area contributed by atoms with Crippen LogP contribution in [0.4, 0.5) is 11.6 Å². The van der Waals surface area contributed by atoms with Crippen LogP contribution >= 0.6 is 15.9 Å². The second kappa shape index (κ2) is 7.20. The topological polar surface area (TPSA) is 84.7 Å². The summed E-state index contributed by atoms with van der Waals surface area (Å²) >= 11 is 3.51. The average Bonchev–Trinajstić information content (AvgIpc) is 3.10. The van der Waals surface area contributed by atoms with Crippen molar-refractivity contribution in [2.45, 2.75) is 26.8 Å². The van der Waals surface area contributed by atoms with Gasteiger partial charge in [0.25, 0.3) is 5.91 Å². The van der Waals surface area contributed by atoms with Crippen LogP contribution in [0.5, 0.6) is 0 Å². The fraction of sp³-hybridized carbons (Fsp3) is 0.200. The number of nitrogens with zero attached hydrogens (tertiary/aromatic N) is 4. The number of aromatic nitrogens is 4. The standard InChI is InChI=1S/C20H19BrN6O/c1-11-7-8-16(12(2)9-11)23-19(28)17-13(3)22-20-24-25-26-27(20)18(17)14-5-4-6-15(21)10-14/h4-10,18H,1-3H3,(H,23,28)(H,22,24,26)/t18-/m0/s1. The van der Waals surface area contributed by atoms with Crippen molar-refractivity contribution in [1.82, 2.24) is 20.2 Å². The van der Waals surface area contributed by atoms with Gasteiger partial charge in [0.1, 0.15) is 6.04 Å². The van der Waals surface area contributed by atoms with E-state index in [1.54, 1.807) is 4.68 Å². The SMILES string of the molecule is CC1=C(C(=O)Nc2ccc(C)cc2C)[C@H](c2cccc(Br)c2)n2nnnc2N1. The van der Waals surface area contributed by atoms with Gasteiger partial charge in [-0.15, -0.1) is 0 Å². The number of anilines is 2. The van der Waals surface area contributed by atoms with E-state index >= 15 is 0 Å². The number of amides is 1. The first-order valence-electron chi connectivity index (χ1n) is 8.84. The number of carbonyl (C=O) groups excluding carboxylic acids is 1. The highest BCUT2D eigenvalue weighted by molar-refractivity contribution is 9.10. The van der Waals surface area contributed by atoms with Gasteiger partial charge >= 0.3 is 0 Å². The molecule has 0 spiro atoms. The average molecular weight is 439 g/mol. The number of nitrogens with one attached hydrogen (secondary N) is 2. The minimum atomic E-state index is -0.436. The van der Waals surface area contributed by atoms with Gasteiger partial charge < -0.3 is 10.6 Å². The minimum absolute atomic E-state index is 0.192. The molecule has 1 aliphatic rings. The van der Waals surface area contributed by atoms with Crippen LogP contribution in [0.25, 0.3) is 0 Å². The fourth-order valence-electron chi connectivity index (χ4n) is 3.43. The van der Waals surface area contributed by atoms with Crippen LogP contribution in [0.1, 0.15) is 29.7 Å². The molecule has 0 aliphatic carbocycles. The van der Waals surface area contributed by atoms with Gasteiger partial charge in [0, 0.05) is 15.9 Å². The van der Waals surface area contributed by atoms with Crippen molar-refractivity contribution in [2.24, 2.45) is 0 Å². The van der Waals surface area contributed by atoms with Crippen molar-refractivity contribution in [1.29, 1.82) is 0 Å². The Labute approximate surface area is 171 Å². The number of benzene rings is 2. The number of allylic oxidation sites excluding steroid dienone is 1. The summed E-state index contributed by atoms with van der Waals surface area (Å²) in [6.07, 6.45) is 0. The number of aryl methyl sites for hydroxylation is 2. The molecule has 2 N–H and O–H groups in total. The molecule has 0 saturated carbocycles. The molecule has 28 heavy (non-hydrogen) atoms. The van der Waals surface area contributed by atoms with Gasteiger partial charge in [-0.3, -0.25) is 4.79 Å². The van der Waals surface area contributed by atoms with Crippen LogP contribution in [0, 0.1) is 13.8 Å². The monoisotopic (exact) mass is 438 g/mol. The van der Waals surface area contributed by atoms with Crippen LogP contribution in [0.2, 0.25) is 0 Å². The molecule has 0 fully saturated rings. The number of tetrazole rings is 1. The summed E-state index contributed by atoms with van der Waals surface area (Å²) in [4.78, 5) is 13.3. The predicted octanol–water partition coefficient (Wildman–Crippen LogP) is 3.98. The molecular weight excluding hydrogens is 420 g/mol. The summed E-state index contributed by atoms with van der Waals surface area (Å²) < 4.78 is 2.55. The molecule has 1 amide bonds. The lowest BCUT2D eigenvalue weighted by atomic mass is 9.95. The van der Waals surface area contributed by atoms with E-state index in [1.807, 2.05) is 63.2 Å². The van der Waals surface area contributed by atoms with Crippen molar-refractivity contribution in [3.63, 3.8) is 0 Å². The lowest BCUT2D eigenvalue weighted by Crippen LogP contribution is -2.31. The highest BCUT2D eigenvalue weighted by atomic mass is 79.9. The Morgan fingerprint density at radius 2 is 2.00 bits per heavy atom. The lowest BCUT2D eigenvalue weighted by Gasteiger charge is -2.28. The zero-order valence-corrected chi connectivity index (χ0v) is 17.3. The van der Waals surface area contributed by atoms with Gasteiger partial charge in [0.2, 0.25) is 5.95 Å². The molecule has 4 rings (SSSR count). The van der Waals surface area contributed by atoms with E-state index in [4.69, 9.17) is 0 Å².